The van der Waals surface area contributed by atoms with Crippen LogP contribution < -0.4 is 5.32 Å². The van der Waals surface area contributed by atoms with Crippen molar-refractivity contribution < 1.29 is 4.79 Å². The zero-order valence-electron chi connectivity index (χ0n) is 9.57. The first-order valence-electron chi connectivity index (χ1n) is 5.16. The van der Waals surface area contributed by atoms with E-state index in [1.54, 1.807) is 6.20 Å². The van der Waals surface area contributed by atoms with Gasteiger partial charge in [-0.3, -0.25) is 0 Å². The molecule has 0 saturated carbocycles. The van der Waals surface area contributed by atoms with Crippen LogP contribution in [0.1, 0.15) is 11.3 Å². The minimum atomic E-state index is -0.274. The molecule has 88 valence electrons. The first-order chi connectivity index (χ1) is 8.06. The number of benzene rings is 1. The van der Waals surface area contributed by atoms with E-state index in [2.05, 4.69) is 26.3 Å². The molecule has 0 unspecified atom stereocenters. The summed E-state index contributed by atoms with van der Waals surface area (Å²) >= 11 is 3.32. The molecule has 1 N–H and O–H groups in total. The van der Waals surface area contributed by atoms with Crippen LogP contribution in [0.15, 0.2) is 34.9 Å². The molecule has 0 saturated heterocycles. The third-order valence-corrected chi connectivity index (χ3v) is 3.09. The van der Waals surface area contributed by atoms with Crippen molar-refractivity contribution in [3.63, 3.8) is 0 Å². The minimum Gasteiger partial charge on any atom is -0.306 e. The standard InChI is InChI=1S/C12H12BrN3O/c1-8-4-3-5-10(6-8)14-12(17)16-7-11(13)9(2)15-16/h3-7H,1-2H3,(H,14,17). The lowest BCUT2D eigenvalue weighted by Gasteiger charge is -2.05. The third-order valence-electron chi connectivity index (χ3n) is 2.32. The summed E-state index contributed by atoms with van der Waals surface area (Å²) in [6.07, 6.45) is 1.64. The van der Waals surface area contributed by atoms with E-state index in [-0.39, 0.29) is 6.03 Å². The van der Waals surface area contributed by atoms with Crippen LogP contribution in [-0.2, 0) is 0 Å². The van der Waals surface area contributed by atoms with E-state index in [1.165, 1.54) is 4.68 Å². The SMILES string of the molecule is Cc1cccc(NC(=O)n2cc(Br)c(C)n2)c1. The van der Waals surface area contributed by atoms with Crippen LogP contribution in [0.3, 0.4) is 0 Å². The normalized spacial score (nSPS) is 10.3. The van der Waals surface area contributed by atoms with E-state index in [4.69, 9.17) is 0 Å². The topological polar surface area (TPSA) is 46.9 Å². The second-order valence-electron chi connectivity index (χ2n) is 3.81. The van der Waals surface area contributed by atoms with Gasteiger partial charge < -0.3 is 5.32 Å². The zero-order valence-corrected chi connectivity index (χ0v) is 11.2. The van der Waals surface area contributed by atoms with Gasteiger partial charge in [0.25, 0.3) is 0 Å². The third kappa shape index (κ3) is 2.74. The summed E-state index contributed by atoms with van der Waals surface area (Å²) in [5.41, 5.74) is 2.64. The number of rotatable bonds is 1. The maximum atomic E-state index is 11.9. The van der Waals surface area contributed by atoms with Crippen LogP contribution in [0, 0.1) is 13.8 Å². The number of aryl methyl sites for hydroxylation is 2. The monoisotopic (exact) mass is 293 g/mol. The molecule has 17 heavy (non-hydrogen) atoms. The summed E-state index contributed by atoms with van der Waals surface area (Å²) in [6.45, 7) is 3.81. The van der Waals surface area contributed by atoms with Gasteiger partial charge in [0, 0.05) is 5.69 Å². The molecule has 0 aliphatic carbocycles. The van der Waals surface area contributed by atoms with E-state index in [1.807, 2.05) is 38.1 Å². The molecular formula is C12H12BrN3O. The predicted octanol–water partition coefficient (Wildman–Crippen LogP) is 3.34. The van der Waals surface area contributed by atoms with Crippen molar-refractivity contribution in [1.82, 2.24) is 9.78 Å². The van der Waals surface area contributed by atoms with Crippen LogP contribution in [0.2, 0.25) is 0 Å². The number of nitrogens with one attached hydrogen (secondary N) is 1. The number of hydrogen-bond donors (Lipinski definition) is 1. The van der Waals surface area contributed by atoms with Crippen LogP contribution in [0.25, 0.3) is 0 Å². The van der Waals surface area contributed by atoms with Gasteiger partial charge in [-0.05, 0) is 47.5 Å². The molecule has 5 heteroatoms. The van der Waals surface area contributed by atoms with E-state index in [0.29, 0.717) is 0 Å². The molecule has 2 rings (SSSR count). The molecule has 0 fully saturated rings. The first-order valence-corrected chi connectivity index (χ1v) is 5.95. The molecule has 0 radical (unpaired) electrons. The fourth-order valence-corrected chi connectivity index (χ4v) is 1.72. The molecule has 1 heterocycles. The van der Waals surface area contributed by atoms with Gasteiger partial charge in [-0.25, -0.2) is 4.79 Å². The molecular weight excluding hydrogens is 282 g/mol. The van der Waals surface area contributed by atoms with Crippen molar-refractivity contribution in [3.8, 4) is 0 Å². The second kappa shape index (κ2) is 4.71. The fraction of sp³-hybridized carbons (Fsp3) is 0.167. The molecule has 1 amide bonds. The summed E-state index contributed by atoms with van der Waals surface area (Å²) < 4.78 is 2.10. The Balaban J connectivity index is 2.17. The van der Waals surface area contributed by atoms with Crippen LogP contribution in [-0.4, -0.2) is 15.8 Å². The summed E-state index contributed by atoms with van der Waals surface area (Å²) in [7, 11) is 0. The minimum absolute atomic E-state index is 0.274. The zero-order chi connectivity index (χ0) is 12.4. The second-order valence-corrected chi connectivity index (χ2v) is 4.66. The number of nitrogens with zero attached hydrogens (tertiary/aromatic N) is 2. The number of carbonyl (C=O) groups is 1. The Hall–Kier alpha value is -1.62. The van der Waals surface area contributed by atoms with Gasteiger partial charge in [-0.1, -0.05) is 12.1 Å². The Labute approximate surface area is 108 Å². The molecule has 0 aliphatic heterocycles. The van der Waals surface area contributed by atoms with Crippen LogP contribution >= 0.6 is 15.9 Å². The molecule has 0 atom stereocenters. The fourth-order valence-electron chi connectivity index (χ4n) is 1.45. The van der Waals surface area contributed by atoms with Gasteiger partial charge in [0.2, 0.25) is 0 Å². The number of anilines is 1. The summed E-state index contributed by atoms with van der Waals surface area (Å²) in [5, 5.41) is 6.87. The smallest absolute Gasteiger partial charge is 0.306 e. The highest BCUT2D eigenvalue weighted by Crippen LogP contribution is 2.14. The molecule has 0 aliphatic rings. The summed E-state index contributed by atoms with van der Waals surface area (Å²) in [5.74, 6) is 0. The molecule has 0 bridgehead atoms. The Morgan fingerprint density at radius 3 is 2.76 bits per heavy atom. The van der Waals surface area contributed by atoms with Crippen molar-refractivity contribution in [2.45, 2.75) is 13.8 Å². The Bertz CT molecular complexity index is 543. The largest absolute Gasteiger partial charge is 0.346 e. The predicted molar refractivity (Wildman–Crippen MR) is 70.3 cm³/mol. The number of halogens is 1. The van der Waals surface area contributed by atoms with Gasteiger partial charge in [-0.15, -0.1) is 0 Å². The lowest BCUT2D eigenvalue weighted by molar-refractivity contribution is 0.251. The Kier molecular flexibility index (Phi) is 3.28. The van der Waals surface area contributed by atoms with Crippen molar-refractivity contribution in [2.75, 3.05) is 5.32 Å². The number of aromatic nitrogens is 2. The van der Waals surface area contributed by atoms with Crippen LogP contribution in [0.4, 0.5) is 10.5 Å². The van der Waals surface area contributed by atoms with Gasteiger partial charge in [0.15, 0.2) is 0 Å². The highest BCUT2D eigenvalue weighted by Gasteiger charge is 2.09. The van der Waals surface area contributed by atoms with Crippen LogP contribution in [0.5, 0.6) is 0 Å². The highest BCUT2D eigenvalue weighted by molar-refractivity contribution is 9.10. The van der Waals surface area contributed by atoms with E-state index in [9.17, 15) is 4.79 Å². The number of amides is 1. The summed E-state index contributed by atoms with van der Waals surface area (Å²) in [4.78, 5) is 11.9. The summed E-state index contributed by atoms with van der Waals surface area (Å²) in [6, 6.07) is 7.35. The molecule has 1 aromatic heterocycles. The van der Waals surface area contributed by atoms with Crippen molar-refractivity contribution in [1.29, 1.82) is 0 Å². The molecule has 1 aromatic carbocycles. The van der Waals surface area contributed by atoms with E-state index >= 15 is 0 Å². The highest BCUT2D eigenvalue weighted by atomic mass is 79.9. The lowest BCUT2D eigenvalue weighted by atomic mass is 10.2. The van der Waals surface area contributed by atoms with Crippen molar-refractivity contribution in [3.05, 3.63) is 46.2 Å². The van der Waals surface area contributed by atoms with E-state index < -0.39 is 0 Å². The maximum Gasteiger partial charge on any atom is 0.346 e. The van der Waals surface area contributed by atoms with Crippen molar-refractivity contribution >= 4 is 27.6 Å². The number of hydrogen-bond acceptors (Lipinski definition) is 2. The van der Waals surface area contributed by atoms with Gasteiger partial charge in [-0.2, -0.15) is 9.78 Å². The average molecular weight is 294 g/mol. The average Bonchev–Trinajstić information content (AvgIpc) is 2.59. The number of carbonyl (C=O) groups excluding carboxylic acids is 1. The lowest BCUT2D eigenvalue weighted by Crippen LogP contribution is -2.19. The van der Waals surface area contributed by atoms with Gasteiger partial charge in [0.1, 0.15) is 0 Å². The van der Waals surface area contributed by atoms with Gasteiger partial charge >= 0.3 is 6.03 Å². The first kappa shape index (κ1) is 11.9. The Morgan fingerprint density at radius 2 is 2.18 bits per heavy atom. The van der Waals surface area contributed by atoms with Crippen molar-refractivity contribution in [2.24, 2.45) is 0 Å². The molecule has 0 spiro atoms. The van der Waals surface area contributed by atoms with Gasteiger partial charge in [0.05, 0.1) is 16.4 Å². The quantitative estimate of drug-likeness (QED) is 0.876. The maximum absolute atomic E-state index is 11.9. The van der Waals surface area contributed by atoms with E-state index in [0.717, 1.165) is 21.4 Å². The molecule has 4 nitrogen and oxygen atoms in total. The molecule has 2 aromatic rings. The Morgan fingerprint density at radius 1 is 1.41 bits per heavy atom.